The Bertz CT molecular complexity index is 3090. The zero-order chi connectivity index (χ0) is 34.9. The summed E-state index contributed by atoms with van der Waals surface area (Å²) in [6.07, 6.45) is 0. The maximum atomic E-state index is 5.34. The molecule has 0 bridgehead atoms. The van der Waals surface area contributed by atoms with Gasteiger partial charge in [-0.15, -0.1) is 22.7 Å². The molecule has 0 N–H and O–H groups in total. The molecule has 4 aromatic heterocycles. The van der Waals surface area contributed by atoms with Crippen LogP contribution in [0.25, 0.3) is 103 Å². The van der Waals surface area contributed by atoms with Gasteiger partial charge in [0.1, 0.15) is 5.01 Å². The summed E-state index contributed by atoms with van der Waals surface area (Å²) in [6, 6.07) is 57.2. The molecule has 4 heterocycles. The molecule has 0 atom stereocenters. The van der Waals surface area contributed by atoms with Crippen LogP contribution >= 0.6 is 22.7 Å². The third kappa shape index (κ3) is 4.89. The third-order valence-corrected chi connectivity index (χ3v) is 12.1. The van der Waals surface area contributed by atoms with Crippen molar-refractivity contribution in [2.75, 3.05) is 0 Å². The Balaban J connectivity index is 1.18. The minimum absolute atomic E-state index is 0.581. The molecular weight excluding hydrogens is 687 g/mol. The average molecular weight is 714 g/mol. The van der Waals surface area contributed by atoms with Crippen LogP contribution in [0.2, 0.25) is 0 Å². The van der Waals surface area contributed by atoms with Gasteiger partial charge in [0.25, 0.3) is 0 Å². The van der Waals surface area contributed by atoms with Crippen LogP contribution in [0.15, 0.2) is 164 Å². The number of para-hydroxylation sites is 3. The lowest BCUT2D eigenvalue weighted by molar-refractivity contribution is 0.954. The average Bonchev–Trinajstić information content (AvgIpc) is 3.93. The standard InChI is InChI=1S/C46H27N5S2/c1-2-12-28(13-3-1)29-24-26-30(27-25-29)43-48-44(50-46(49-43)51-36-19-7-4-14-31(36)32-15-5-8-20-37(32)51)33-16-10-22-39-41(33)42-34(17-11-23-40(42)52-39)45-47-35-18-6-9-21-38(35)53-45/h1-27H. The number of benzene rings is 7. The van der Waals surface area contributed by atoms with Crippen LogP contribution in [0, 0.1) is 0 Å². The van der Waals surface area contributed by atoms with Crippen molar-refractivity contribution in [1.29, 1.82) is 0 Å². The fourth-order valence-corrected chi connectivity index (χ4v) is 9.67. The largest absolute Gasteiger partial charge is 0.278 e. The van der Waals surface area contributed by atoms with E-state index >= 15 is 0 Å². The Kier molecular flexibility index (Phi) is 6.83. The zero-order valence-electron chi connectivity index (χ0n) is 28.1. The normalized spacial score (nSPS) is 11.8. The fraction of sp³-hybridized carbons (Fsp3) is 0. The molecule has 53 heavy (non-hydrogen) atoms. The molecular formula is C46H27N5S2. The second-order valence-electron chi connectivity index (χ2n) is 13.0. The first-order valence-corrected chi connectivity index (χ1v) is 19.1. The quantitative estimate of drug-likeness (QED) is 0.178. The van der Waals surface area contributed by atoms with E-state index in [1.54, 1.807) is 22.7 Å². The van der Waals surface area contributed by atoms with Gasteiger partial charge in [-0.1, -0.05) is 127 Å². The predicted molar refractivity (Wildman–Crippen MR) is 222 cm³/mol. The molecule has 248 valence electrons. The van der Waals surface area contributed by atoms with E-state index in [1.807, 2.05) is 12.1 Å². The number of hydrogen-bond donors (Lipinski definition) is 0. The topological polar surface area (TPSA) is 56.5 Å². The SMILES string of the molecule is c1ccc(-c2ccc(-c3nc(-c4cccc5sc6cccc(-c7nc8ccccc8s7)c6c45)nc(-n4c5ccccc5c5ccccc54)n3)cc2)cc1. The van der Waals surface area contributed by atoms with E-state index in [-0.39, 0.29) is 0 Å². The van der Waals surface area contributed by atoms with E-state index < -0.39 is 0 Å². The summed E-state index contributed by atoms with van der Waals surface area (Å²) < 4.78 is 5.74. The van der Waals surface area contributed by atoms with Crippen molar-refractivity contribution in [1.82, 2.24) is 24.5 Å². The molecule has 5 nitrogen and oxygen atoms in total. The van der Waals surface area contributed by atoms with Crippen LogP contribution in [0.5, 0.6) is 0 Å². The molecule has 0 fully saturated rings. The van der Waals surface area contributed by atoms with Crippen LogP contribution in [0.4, 0.5) is 0 Å². The van der Waals surface area contributed by atoms with Crippen molar-refractivity contribution >= 4 is 74.9 Å². The van der Waals surface area contributed by atoms with Crippen molar-refractivity contribution in [3.63, 3.8) is 0 Å². The summed E-state index contributed by atoms with van der Waals surface area (Å²) in [7, 11) is 0. The van der Waals surface area contributed by atoms with Gasteiger partial charge in [0.05, 0.1) is 21.3 Å². The molecule has 7 heteroatoms. The Morgan fingerprint density at radius 3 is 1.68 bits per heavy atom. The summed E-state index contributed by atoms with van der Waals surface area (Å²) in [4.78, 5) is 20.9. The summed E-state index contributed by atoms with van der Waals surface area (Å²) in [5.41, 5.74) is 8.43. The van der Waals surface area contributed by atoms with Crippen LogP contribution in [-0.4, -0.2) is 24.5 Å². The van der Waals surface area contributed by atoms with Crippen LogP contribution < -0.4 is 0 Å². The molecule has 11 rings (SSSR count). The Labute approximate surface area is 312 Å². The molecule has 11 aromatic rings. The lowest BCUT2D eigenvalue weighted by atomic mass is 10.0. The molecule has 0 aliphatic carbocycles. The Morgan fingerprint density at radius 1 is 0.377 bits per heavy atom. The molecule has 0 unspecified atom stereocenters. The zero-order valence-corrected chi connectivity index (χ0v) is 29.8. The fourth-order valence-electron chi connectivity index (χ4n) is 7.51. The molecule has 7 aromatic carbocycles. The van der Waals surface area contributed by atoms with E-state index in [0.717, 1.165) is 60.0 Å². The molecule has 0 saturated carbocycles. The molecule has 0 aliphatic heterocycles. The first kappa shape index (κ1) is 30.1. The Hall–Kier alpha value is -6.54. The van der Waals surface area contributed by atoms with Crippen LogP contribution in [0.3, 0.4) is 0 Å². The highest BCUT2D eigenvalue weighted by atomic mass is 32.1. The monoisotopic (exact) mass is 713 g/mol. The minimum Gasteiger partial charge on any atom is -0.278 e. The highest BCUT2D eigenvalue weighted by Gasteiger charge is 2.22. The number of aromatic nitrogens is 5. The lowest BCUT2D eigenvalue weighted by Gasteiger charge is -2.12. The second kappa shape index (κ2) is 12.0. The van der Waals surface area contributed by atoms with E-state index in [1.165, 1.54) is 25.0 Å². The molecule has 0 radical (unpaired) electrons. The number of hydrogen-bond acceptors (Lipinski definition) is 6. The van der Waals surface area contributed by atoms with Gasteiger partial charge in [-0.2, -0.15) is 9.97 Å². The van der Waals surface area contributed by atoms with Gasteiger partial charge in [-0.05, 0) is 47.5 Å². The number of thiophene rings is 1. The van der Waals surface area contributed by atoms with Gasteiger partial charge >= 0.3 is 0 Å². The Morgan fingerprint density at radius 2 is 0.943 bits per heavy atom. The second-order valence-corrected chi connectivity index (χ2v) is 15.2. The van der Waals surface area contributed by atoms with E-state index in [2.05, 4.69) is 156 Å². The molecule has 0 aliphatic rings. The highest BCUT2D eigenvalue weighted by molar-refractivity contribution is 7.26. The molecule has 0 amide bonds. The first-order valence-electron chi connectivity index (χ1n) is 17.5. The predicted octanol–water partition coefficient (Wildman–Crippen LogP) is 12.6. The summed E-state index contributed by atoms with van der Waals surface area (Å²) in [6.45, 7) is 0. The van der Waals surface area contributed by atoms with Crippen LogP contribution in [-0.2, 0) is 0 Å². The van der Waals surface area contributed by atoms with Crippen molar-refractivity contribution in [3.8, 4) is 50.4 Å². The maximum Gasteiger partial charge on any atom is 0.238 e. The van der Waals surface area contributed by atoms with Crippen molar-refractivity contribution in [2.45, 2.75) is 0 Å². The number of rotatable bonds is 5. The minimum atomic E-state index is 0.581. The highest BCUT2D eigenvalue weighted by Crippen LogP contribution is 2.45. The summed E-state index contributed by atoms with van der Waals surface area (Å²) in [5.74, 6) is 1.83. The van der Waals surface area contributed by atoms with Gasteiger partial charge < -0.3 is 0 Å². The number of fused-ring (bicyclic) bond motifs is 7. The third-order valence-electron chi connectivity index (χ3n) is 9.94. The van der Waals surface area contributed by atoms with E-state index in [9.17, 15) is 0 Å². The van der Waals surface area contributed by atoms with Gasteiger partial charge in [-0.25, -0.2) is 9.97 Å². The van der Waals surface area contributed by atoms with Crippen LogP contribution in [0.1, 0.15) is 0 Å². The smallest absolute Gasteiger partial charge is 0.238 e. The van der Waals surface area contributed by atoms with Gasteiger partial charge in [0.15, 0.2) is 11.6 Å². The van der Waals surface area contributed by atoms with Crippen molar-refractivity contribution in [2.24, 2.45) is 0 Å². The molecule has 0 spiro atoms. The van der Waals surface area contributed by atoms with Crippen molar-refractivity contribution < 1.29 is 0 Å². The summed E-state index contributed by atoms with van der Waals surface area (Å²) in [5, 5.41) is 5.63. The number of nitrogens with zero attached hydrogens (tertiary/aromatic N) is 5. The van der Waals surface area contributed by atoms with Gasteiger partial charge in [0, 0.05) is 47.6 Å². The maximum absolute atomic E-state index is 5.34. The van der Waals surface area contributed by atoms with Gasteiger partial charge in [0.2, 0.25) is 5.95 Å². The van der Waals surface area contributed by atoms with E-state index in [4.69, 9.17) is 19.9 Å². The summed E-state index contributed by atoms with van der Waals surface area (Å²) >= 11 is 3.52. The van der Waals surface area contributed by atoms with E-state index in [0.29, 0.717) is 17.6 Å². The van der Waals surface area contributed by atoms with Crippen molar-refractivity contribution in [3.05, 3.63) is 164 Å². The van der Waals surface area contributed by atoms with Gasteiger partial charge in [-0.3, -0.25) is 4.57 Å². The molecule has 0 saturated heterocycles. The number of thiazole rings is 1. The first-order chi connectivity index (χ1) is 26.3. The lowest BCUT2D eigenvalue weighted by Crippen LogP contribution is -2.06.